The van der Waals surface area contributed by atoms with Crippen LogP contribution in [0.2, 0.25) is 0 Å². The van der Waals surface area contributed by atoms with Crippen LogP contribution >= 0.6 is 0 Å². The van der Waals surface area contributed by atoms with Gasteiger partial charge in [0.25, 0.3) is 0 Å². The van der Waals surface area contributed by atoms with E-state index in [0.717, 1.165) is 5.56 Å². The van der Waals surface area contributed by atoms with Gasteiger partial charge in [-0.1, -0.05) is 18.2 Å². The smallest absolute Gasteiger partial charge is 0.241 e. The van der Waals surface area contributed by atoms with E-state index in [1.165, 1.54) is 24.3 Å². The third kappa shape index (κ3) is 6.24. The quantitative estimate of drug-likeness (QED) is 0.808. The van der Waals surface area contributed by atoms with Crippen molar-refractivity contribution in [2.24, 2.45) is 0 Å². The van der Waals surface area contributed by atoms with Gasteiger partial charge in [0.05, 0.1) is 4.90 Å². The summed E-state index contributed by atoms with van der Waals surface area (Å²) < 4.78 is 40.5. The van der Waals surface area contributed by atoms with Crippen molar-refractivity contribution in [2.75, 3.05) is 5.32 Å². The van der Waals surface area contributed by atoms with Crippen molar-refractivity contribution < 1.29 is 17.6 Å². The predicted molar refractivity (Wildman–Crippen MR) is 99.9 cm³/mol. The van der Waals surface area contributed by atoms with Crippen molar-refractivity contribution in [1.29, 1.82) is 0 Å². The van der Waals surface area contributed by atoms with E-state index in [-0.39, 0.29) is 23.0 Å². The van der Waals surface area contributed by atoms with Crippen LogP contribution in [0, 0.1) is 5.82 Å². The molecule has 0 aromatic heterocycles. The molecule has 5 nitrogen and oxygen atoms in total. The minimum atomic E-state index is -3.68. The number of aryl methyl sites for hydroxylation is 1. The molecule has 0 fully saturated rings. The first-order chi connectivity index (χ1) is 12.0. The number of hydrogen-bond acceptors (Lipinski definition) is 3. The number of nitrogens with one attached hydrogen (secondary N) is 2. The van der Waals surface area contributed by atoms with Gasteiger partial charge in [-0.3, -0.25) is 4.79 Å². The normalized spacial score (nSPS) is 12.0. The van der Waals surface area contributed by atoms with E-state index in [0.29, 0.717) is 12.1 Å². The molecule has 0 atom stereocenters. The van der Waals surface area contributed by atoms with Crippen molar-refractivity contribution in [3.8, 4) is 0 Å². The fourth-order valence-corrected chi connectivity index (χ4v) is 3.84. The molecule has 2 rings (SSSR count). The van der Waals surface area contributed by atoms with Crippen molar-refractivity contribution in [2.45, 2.75) is 44.0 Å². The zero-order chi connectivity index (χ0) is 19.4. The molecule has 2 aromatic rings. The molecule has 0 radical (unpaired) electrons. The van der Waals surface area contributed by atoms with Gasteiger partial charge in [0, 0.05) is 17.6 Å². The van der Waals surface area contributed by atoms with Gasteiger partial charge in [-0.15, -0.1) is 0 Å². The number of amides is 1. The molecule has 0 aliphatic carbocycles. The lowest BCUT2D eigenvalue weighted by Crippen LogP contribution is -2.40. The van der Waals surface area contributed by atoms with Gasteiger partial charge in [-0.25, -0.2) is 17.5 Å². The van der Waals surface area contributed by atoms with Crippen LogP contribution in [0.3, 0.4) is 0 Å². The van der Waals surface area contributed by atoms with E-state index < -0.39 is 15.6 Å². The van der Waals surface area contributed by atoms with Gasteiger partial charge in [0.15, 0.2) is 0 Å². The summed E-state index contributed by atoms with van der Waals surface area (Å²) in [6.07, 6.45) is 0.563. The first-order valence-corrected chi connectivity index (χ1v) is 9.72. The van der Waals surface area contributed by atoms with Gasteiger partial charge >= 0.3 is 0 Å². The maximum atomic E-state index is 13.1. The molecule has 0 unspecified atom stereocenters. The molecule has 0 spiro atoms. The van der Waals surface area contributed by atoms with E-state index in [4.69, 9.17) is 0 Å². The van der Waals surface area contributed by atoms with E-state index in [2.05, 4.69) is 10.0 Å². The highest BCUT2D eigenvalue weighted by Gasteiger charge is 2.22. The number of benzene rings is 2. The van der Waals surface area contributed by atoms with Gasteiger partial charge in [0.1, 0.15) is 5.82 Å². The predicted octanol–water partition coefficient (Wildman–Crippen LogP) is 3.47. The lowest BCUT2D eigenvalue weighted by Gasteiger charge is -2.20. The molecule has 26 heavy (non-hydrogen) atoms. The van der Waals surface area contributed by atoms with Crippen LogP contribution in [0.1, 0.15) is 32.8 Å². The molecule has 0 aliphatic heterocycles. The molecule has 140 valence electrons. The Morgan fingerprint density at radius 3 is 2.42 bits per heavy atom. The summed E-state index contributed by atoms with van der Waals surface area (Å²) >= 11 is 0. The SMILES string of the molecule is CC(C)(C)NS(=O)(=O)c1cccc(NC(=O)CCc2cccc(F)c2)c1. The fourth-order valence-electron chi connectivity index (χ4n) is 2.38. The Bertz CT molecular complexity index is 890. The van der Waals surface area contributed by atoms with Crippen molar-refractivity contribution in [3.63, 3.8) is 0 Å². The third-order valence-corrected chi connectivity index (χ3v) is 5.15. The summed E-state index contributed by atoms with van der Waals surface area (Å²) in [7, 11) is -3.68. The Morgan fingerprint density at radius 2 is 1.77 bits per heavy atom. The van der Waals surface area contributed by atoms with Gasteiger partial charge < -0.3 is 5.32 Å². The number of carbonyl (C=O) groups excluding carboxylic acids is 1. The molecule has 7 heteroatoms. The van der Waals surface area contributed by atoms with Crippen molar-refractivity contribution in [1.82, 2.24) is 4.72 Å². The summed E-state index contributed by atoms with van der Waals surface area (Å²) in [4.78, 5) is 12.2. The number of carbonyl (C=O) groups is 1. The maximum absolute atomic E-state index is 13.1. The van der Waals surface area contributed by atoms with Crippen LogP contribution in [-0.4, -0.2) is 19.9 Å². The monoisotopic (exact) mass is 378 g/mol. The highest BCUT2D eigenvalue weighted by atomic mass is 32.2. The molecular formula is C19H23FN2O3S. The second-order valence-corrected chi connectivity index (χ2v) is 8.74. The third-order valence-electron chi connectivity index (χ3n) is 3.40. The highest BCUT2D eigenvalue weighted by molar-refractivity contribution is 7.89. The minimum Gasteiger partial charge on any atom is -0.326 e. The summed E-state index contributed by atoms with van der Waals surface area (Å²) in [5, 5.41) is 2.68. The Morgan fingerprint density at radius 1 is 1.08 bits per heavy atom. The van der Waals surface area contributed by atoms with Gasteiger partial charge in [0.2, 0.25) is 15.9 Å². The lowest BCUT2D eigenvalue weighted by atomic mass is 10.1. The summed E-state index contributed by atoms with van der Waals surface area (Å²) in [6, 6.07) is 12.2. The molecule has 1 amide bonds. The first kappa shape index (κ1) is 20.1. The molecule has 0 aliphatic rings. The average molecular weight is 378 g/mol. The van der Waals surface area contributed by atoms with E-state index in [1.54, 1.807) is 45.0 Å². The van der Waals surface area contributed by atoms with Crippen LogP contribution in [0.15, 0.2) is 53.4 Å². The standard InChI is InChI=1S/C19H23FN2O3S/c1-19(2,3)22-26(24,25)17-9-5-8-16(13-17)21-18(23)11-10-14-6-4-7-15(20)12-14/h4-9,12-13,22H,10-11H2,1-3H3,(H,21,23). The minimum absolute atomic E-state index is 0.0790. The van der Waals surface area contributed by atoms with Crippen LogP contribution in [0.4, 0.5) is 10.1 Å². The largest absolute Gasteiger partial charge is 0.326 e. The van der Waals surface area contributed by atoms with E-state index in [1.807, 2.05) is 0 Å². The Balaban J connectivity index is 2.02. The van der Waals surface area contributed by atoms with E-state index in [9.17, 15) is 17.6 Å². The Hall–Kier alpha value is -2.25. The summed E-state index contributed by atoms with van der Waals surface area (Å²) in [6.45, 7) is 5.26. The molecule has 0 saturated heterocycles. The van der Waals surface area contributed by atoms with Crippen molar-refractivity contribution >= 4 is 21.6 Å². The summed E-state index contributed by atoms with van der Waals surface area (Å²) in [5.41, 5.74) is 0.514. The second-order valence-electron chi connectivity index (χ2n) is 7.06. The Labute approximate surface area is 153 Å². The number of rotatable bonds is 6. The average Bonchev–Trinajstić information content (AvgIpc) is 2.51. The van der Waals surface area contributed by atoms with Crippen molar-refractivity contribution in [3.05, 3.63) is 59.9 Å². The van der Waals surface area contributed by atoms with Crippen LogP contribution in [0.5, 0.6) is 0 Å². The molecule has 0 heterocycles. The lowest BCUT2D eigenvalue weighted by molar-refractivity contribution is -0.116. The molecular weight excluding hydrogens is 355 g/mol. The molecule has 2 aromatic carbocycles. The molecule has 2 N–H and O–H groups in total. The second kappa shape index (κ2) is 7.97. The molecule has 0 saturated carbocycles. The van der Waals surface area contributed by atoms with Gasteiger partial charge in [-0.2, -0.15) is 0 Å². The topological polar surface area (TPSA) is 75.3 Å². The number of hydrogen-bond donors (Lipinski definition) is 2. The summed E-state index contributed by atoms with van der Waals surface area (Å²) in [5.74, 6) is -0.611. The van der Waals surface area contributed by atoms with Crippen LogP contribution < -0.4 is 10.0 Å². The number of halogens is 1. The highest BCUT2D eigenvalue weighted by Crippen LogP contribution is 2.18. The first-order valence-electron chi connectivity index (χ1n) is 8.23. The zero-order valence-electron chi connectivity index (χ0n) is 15.0. The maximum Gasteiger partial charge on any atom is 0.241 e. The number of anilines is 1. The zero-order valence-corrected chi connectivity index (χ0v) is 15.9. The number of sulfonamides is 1. The van der Waals surface area contributed by atoms with Gasteiger partial charge in [-0.05, 0) is 63.1 Å². The molecule has 0 bridgehead atoms. The van der Waals surface area contributed by atoms with Crippen LogP contribution in [-0.2, 0) is 21.2 Å². The van der Waals surface area contributed by atoms with E-state index >= 15 is 0 Å². The van der Waals surface area contributed by atoms with Crippen LogP contribution in [0.25, 0.3) is 0 Å². The Kier molecular flexibility index (Phi) is 6.15. The fraction of sp³-hybridized carbons (Fsp3) is 0.316.